The summed E-state index contributed by atoms with van der Waals surface area (Å²) in [5, 5.41) is 28.4. The Morgan fingerprint density at radius 3 is 2.30 bits per heavy atom. The number of carbonyl (C=O) groups excluding carboxylic acids is 1. The molecule has 1 amide bonds. The minimum atomic E-state index is -0.161. The standard InChI is InChI=1S/C20H20N6O/c1-12(27)25-15-7-5-14(6-8-15)18-16(9-21)19(23-2)26-20(17(18)10-22)24-11-13-3-4-13/h5-8,13H,3-4,11H2,1-2H3,(H,25,27)(H2,23,24,26). The van der Waals surface area contributed by atoms with Crippen molar-refractivity contribution in [1.82, 2.24) is 4.98 Å². The van der Waals surface area contributed by atoms with E-state index in [-0.39, 0.29) is 5.91 Å². The van der Waals surface area contributed by atoms with E-state index < -0.39 is 0 Å². The largest absolute Gasteiger partial charge is 0.372 e. The lowest BCUT2D eigenvalue weighted by molar-refractivity contribution is -0.114. The fourth-order valence-corrected chi connectivity index (χ4v) is 2.89. The molecule has 0 saturated heterocycles. The molecule has 1 fully saturated rings. The number of carbonyl (C=O) groups is 1. The van der Waals surface area contributed by atoms with E-state index in [2.05, 4.69) is 33.1 Å². The molecule has 0 atom stereocenters. The average molecular weight is 360 g/mol. The molecule has 1 heterocycles. The number of aromatic nitrogens is 1. The molecule has 0 bridgehead atoms. The average Bonchev–Trinajstić information content (AvgIpc) is 3.49. The first-order valence-corrected chi connectivity index (χ1v) is 8.75. The molecule has 1 aliphatic carbocycles. The smallest absolute Gasteiger partial charge is 0.221 e. The third-order valence-electron chi connectivity index (χ3n) is 4.41. The summed E-state index contributed by atoms with van der Waals surface area (Å²) in [6.07, 6.45) is 2.36. The molecule has 1 aliphatic rings. The van der Waals surface area contributed by atoms with Crippen molar-refractivity contribution in [3.63, 3.8) is 0 Å². The Hall–Kier alpha value is -3.58. The van der Waals surface area contributed by atoms with Crippen molar-refractivity contribution in [2.24, 2.45) is 5.92 Å². The van der Waals surface area contributed by atoms with Gasteiger partial charge in [0.1, 0.15) is 34.9 Å². The second kappa shape index (κ2) is 7.76. The maximum Gasteiger partial charge on any atom is 0.221 e. The van der Waals surface area contributed by atoms with Gasteiger partial charge in [0, 0.05) is 31.8 Å². The van der Waals surface area contributed by atoms with Crippen LogP contribution in [0.3, 0.4) is 0 Å². The predicted molar refractivity (Wildman–Crippen MR) is 104 cm³/mol. The first-order valence-electron chi connectivity index (χ1n) is 8.75. The van der Waals surface area contributed by atoms with E-state index in [9.17, 15) is 15.3 Å². The highest BCUT2D eigenvalue weighted by Crippen LogP contribution is 2.36. The highest BCUT2D eigenvalue weighted by Gasteiger charge is 2.24. The van der Waals surface area contributed by atoms with Gasteiger partial charge < -0.3 is 16.0 Å². The van der Waals surface area contributed by atoms with Crippen molar-refractivity contribution in [2.45, 2.75) is 19.8 Å². The number of rotatable bonds is 6. The van der Waals surface area contributed by atoms with Crippen molar-refractivity contribution in [3.8, 4) is 23.3 Å². The van der Waals surface area contributed by atoms with Crippen molar-refractivity contribution >= 4 is 23.2 Å². The number of hydrogen-bond donors (Lipinski definition) is 3. The van der Waals surface area contributed by atoms with Crippen LogP contribution in [-0.2, 0) is 4.79 Å². The van der Waals surface area contributed by atoms with Gasteiger partial charge in [-0.1, -0.05) is 12.1 Å². The summed E-state index contributed by atoms with van der Waals surface area (Å²) in [6.45, 7) is 2.20. The SMILES string of the molecule is CNc1nc(NCC2CC2)c(C#N)c(-c2ccc(NC(C)=O)cc2)c1C#N. The molecule has 7 nitrogen and oxygen atoms in total. The van der Waals surface area contributed by atoms with Gasteiger partial charge in [-0.25, -0.2) is 4.98 Å². The Morgan fingerprint density at radius 1 is 1.15 bits per heavy atom. The minimum absolute atomic E-state index is 0.161. The molecule has 0 spiro atoms. The van der Waals surface area contributed by atoms with E-state index in [0.717, 1.165) is 6.54 Å². The Bertz CT molecular complexity index is 948. The van der Waals surface area contributed by atoms with Crippen molar-refractivity contribution in [2.75, 3.05) is 29.5 Å². The van der Waals surface area contributed by atoms with Gasteiger partial charge in [-0.05, 0) is 36.5 Å². The molecule has 0 unspecified atom stereocenters. The lowest BCUT2D eigenvalue weighted by Gasteiger charge is -2.16. The molecule has 0 radical (unpaired) electrons. The molecule has 1 aromatic carbocycles. The first kappa shape index (κ1) is 18.2. The van der Waals surface area contributed by atoms with Crippen molar-refractivity contribution < 1.29 is 4.79 Å². The van der Waals surface area contributed by atoms with Gasteiger partial charge >= 0.3 is 0 Å². The van der Waals surface area contributed by atoms with Crippen LogP contribution < -0.4 is 16.0 Å². The molecule has 1 aromatic heterocycles. The van der Waals surface area contributed by atoms with Crippen molar-refractivity contribution in [3.05, 3.63) is 35.4 Å². The van der Waals surface area contributed by atoms with E-state index in [1.165, 1.54) is 19.8 Å². The molecule has 1 saturated carbocycles. The van der Waals surface area contributed by atoms with Crippen LogP contribution in [-0.4, -0.2) is 24.5 Å². The molecule has 0 aliphatic heterocycles. The number of hydrogen-bond acceptors (Lipinski definition) is 6. The Kier molecular flexibility index (Phi) is 5.23. The Morgan fingerprint density at radius 2 is 1.78 bits per heavy atom. The first-order chi connectivity index (χ1) is 13.1. The van der Waals surface area contributed by atoms with E-state index in [1.54, 1.807) is 31.3 Å². The van der Waals surface area contributed by atoms with Gasteiger partial charge in [-0.15, -0.1) is 0 Å². The summed E-state index contributed by atoms with van der Waals surface area (Å²) in [4.78, 5) is 15.7. The molecule has 3 rings (SSSR count). The zero-order valence-corrected chi connectivity index (χ0v) is 15.3. The highest BCUT2D eigenvalue weighted by atomic mass is 16.1. The number of amides is 1. The molecule has 7 heteroatoms. The topological polar surface area (TPSA) is 114 Å². The second-order valence-corrected chi connectivity index (χ2v) is 6.49. The zero-order valence-electron chi connectivity index (χ0n) is 15.3. The third kappa shape index (κ3) is 3.99. The van der Waals surface area contributed by atoms with Gasteiger partial charge in [-0.2, -0.15) is 10.5 Å². The maximum atomic E-state index is 11.2. The van der Waals surface area contributed by atoms with E-state index in [0.29, 0.717) is 45.5 Å². The zero-order chi connectivity index (χ0) is 19.4. The van der Waals surface area contributed by atoms with Gasteiger partial charge in [0.2, 0.25) is 5.91 Å². The summed E-state index contributed by atoms with van der Waals surface area (Å²) < 4.78 is 0. The fraction of sp³-hybridized carbons (Fsp3) is 0.300. The van der Waals surface area contributed by atoms with Gasteiger partial charge in [0.25, 0.3) is 0 Å². The van der Waals surface area contributed by atoms with Gasteiger partial charge in [0.05, 0.1) is 0 Å². The van der Waals surface area contributed by atoms with E-state index in [1.807, 2.05) is 0 Å². The predicted octanol–water partition coefficient (Wildman–Crippen LogP) is 3.31. The van der Waals surface area contributed by atoms with Crippen molar-refractivity contribution in [1.29, 1.82) is 10.5 Å². The summed E-state index contributed by atoms with van der Waals surface area (Å²) >= 11 is 0. The Labute approximate surface area is 158 Å². The number of nitriles is 2. The normalized spacial score (nSPS) is 12.6. The van der Waals surface area contributed by atoms with Gasteiger partial charge in [0.15, 0.2) is 0 Å². The molecule has 136 valence electrons. The van der Waals surface area contributed by atoms with Crippen LogP contribution in [0.15, 0.2) is 24.3 Å². The summed E-state index contributed by atoms with van der Waals surface area (Å²) in [5.41, 5.74) is 2.56. The molecular formula is C20H20N6O. The molecule has 27 heavy (non-hydrogen) atoms. The number of benzene rings is 1. The number of nitrogens with zero attached hydrogens (tertiary/aromatic N) is 3. The number of nitrogens with one attached hydrogen (secondary N) is 3. The summed E-state index contributed by atoms with van der Waals surface area (Å²) in [6, 6.07) is 11.4. The fourth-order valence-electron chi connectivity index (χ4n) is 2.89. The maximum absolute atomic E-state index is 11.2. The van der Waals surface area contributed by atoms with Crippen LogP contribution in [0.2, 0.25) is 0 Å². The molecular weight excluding hydrogens is 340 g/mol. The molecule has 2 aromatic rings. The molecule has 3 N–H and O–H groups in total. The van der Waals surface area contributed by atoms with E-state index in [4.69, 9.17) is 0 Å². The van der Waals surface area contributed by atoms with Crippen LogP contribution in [0.1, 0.15) is 30.9 Å². The van der Waals surface area contributed by atoms with Crippen LogP contribution >= 0.6 is 0 Å². The van der Waals surface area contributed by atoms with Crippen LogP contribution in [0.4, 0.5) is 17.3 Å². The lowest BCUT2D eigenvalue weighted by Crippen LogP contribution is -2.11. The quantitative estimate of drug-likeness (QED) is 0.728. The number of anilines is 3. The van der Waals surface area contributed by atoms with E-state index >= 15 is 0 Å². The summed E-state index contributed by atoms with van der Waals surface area (Å²) in [5.74, 6) is 1.36. The van der Waals surface area contributed by atoms with Crippen LogP contribution in [0, 0.1) is 28.6 Å². The number of pyridine rings is 1. The third-order valence-corrected chi connectivity index (χ3v) is 4.41. The minimum Gasteiger partial charge on any atom is -0.372 e. The monoisotopic (exact) mass is 360 g/mol. The van der Waals surface area contributed by atoms with Crippen LogP contribution in [0.5, 0.6) is 0 Å². The highest BCUT2D eigenvalue weighted by molar-refractivity contribution is 5.90. The second-order valence-electron chi connectivity index (χ2n) is 6.49. The van der Waals surface area contributed by atoms with Gasteiger partial charge in [-0.3, -0.25) is 4.79 Å². The Balaban J connectivity index is 2.10. The van der Waals surface area contributed by atoms with Crippen LogP contribution in [0.25, 0.3) is 11.1 Å². The lowest BCUT2D eigenvalue weighted by atomic mass is 9.95. The summed E-state index contributed by atoms with van der Waals surface area (Å²) in [7, 11) is 1.70.